The van der Waals surface area contributed by atoms with Crippen LogP contribution < -0.4 is 15.4 Å². The van der Waals surface area contributed by atoms with Gasteiger partial charge in [0.1, 0.15) is 27.5 Å². The monoisotopic (exact) mass is 620 g/mol. The minimum Gasteiger partial charge on any atom is -0.495 e. The van der Waals surface area contributed by atoms with Crippen molar-refractivity contribution in [3.63, 3.8) is 0 Å². The van der Waals surface area contributed by atoms with Crippen molar-refractivity contribution in [1.82, 2.24) is 0 Å². The number of ether oxygens (including phenoxy) is 1. The first-order valence-electron chi connectivity index (χ1n) is 10.2. The van der Waals surface area contributed by atoms with Gasteiger partial charge in [0, 0.05) is 17.7 Å². The second-order valence-electron chi connectivity index (χ2n) is 7.91. The van der Waals surface area contributed by atoms with Gasteiger partial charge in [0.15, 0.2) is 0 Å². The van der Waals surface area contributed by atoms with E-state index in [-0.39, 0.29) is 32.2 Å². The lowest BCUT2D eigenvalue weighted by molar-refractivity contribution is -0.117. The highest BCUT2D eigenvalue weighted by molar-refractivity contribution is 9.10. The Morgan fingerprint density at radius 2 is 1.72 bits per heavy atom. The predicted octanol–water partition coefficient (Wildman–Crippen LogP) is 7.31. The molecule has 2 N–H and O–H groups in total. The minimum atomic E-state index is -1.51. The number of carbonyl (C=O) groups excluding carboxylic acids is 2. The van der Waals surface area contributed by atoms with Crippen LogP contribution in [0.25, 0.3) is 0 Å². The first-order chi connectivity index (χ1) is 16.9. The van der Waals surface area contributed by atoms with Crippen molar-refractivity contribution in [1.29, 1.82) is 0 Å². The van der Waals surface area contributed by atoms with Gasteiger partial charge < -0.3 is 15.4 Å². The number of methoxy groups -OCH3 is 1. The molecule has 3 aromatic carbocycles. The molecule has 0 saturated heterocycles. The van der Waals surface area contributed by atoms with E-state index in [9.17, 15) is 22.8 Å². The molecular formula is C24H15BrCl3F3N2O3. The molecule has 12 heteroatoms. The average Bonchev–Trinajstić information content (AvgIpc) is 3.40. The second-order valence-corrected chi connectivity index (χ2v) is 10.6. The normalized spacial score (nSPS) is 17.9. The summed E-state index contributed by atoms with van der Waals surface area (Å²) in [5.74, 6) is -5.19. The van der Waals surface area contributed by atoms with Crippen molar-refractivity contribution in [3.05, 3.63) is 86.6 Å². The number of benzene rings is 3. The number of anilines is 2. The van der Waals surface area contributed by atoms with Gasteiger partial charge in [-0.1, -0.05) is 11.6 Å². The van der Waals surface area contributed by atoms with Gasteiger partial charge >= 0.3 is 0 Å². The number of amides is 2. The van der Waals surface area contributed by atoms with Crippen molar-refractivity contribution in [3.8, 4) is 5.75 Å². The standard InChI is InChI=1S/C24H15BrCl3F3N2O3/c1-36-18-7-10(6-16(31)21(18)25)19-20(24(19,27)28)23(35)32-12-3-4-14(26)13(9-12)22(34)33-17-5-2-11(29)8-15(17)30/h2-9,19-20H,1H3,(H,32,35)(H,33,34)/t19-,20+/m1/s1. The van der Waals surface area contributed by atoms with Gasteiger partial charge in [0.25, 0.3) is 5.91 Å². The highest BCUT2D eigenvalue weighted by Crippen LogP contribution is 2.65. The molecule has 188 valence electrons. The Labute approximate surface area is 227 Å². The van der Waals surface area contributed by atoms with E-state index in [0.717, 1.165) is 12.1 Å². The third kappa shape index (κ3) is 5.16. The van der Waals surface area contributed by atoms with Crippen molar-refractivity contribution >= 4 is 73.9 Å². The quantitative estimate of drug-likeness (QED) is 0.284. The molecule has 0 aliphatic heterocycles. The molecule has 0 heterocycles. The Hall–Kier alpha value is -2.46. The molecule has 5 nitrogen and oxygen atoms in total. The molecule has 0 spiro atoms. The number of halogens is 7. The lowest BCUT2D eigenvalue weighted by Crippen LogP contribution is -2.18. The van der Waals surface area contributed by atoms with Gasteiger partial charge in [-0.05, 0) is 64.0 Å². The van der Waals surface area contributed by atoms with Crippen LogP contribution in [-0.2, 0) is 4.79 Å². The summed E-state index contributed by atoms with van der Waals surface area (Å²) in [6.45, 7) is 0. The molecule has 1 aliphatic carbocycles. The second kappa shape index (κ2) is 10.1. The summed E-state index contributed by atoms with van der Waals surface area (Å²) in [5, 5.41) is 4.94. The Kier molecular flexibility index (Phi) is 7.48. The van der Waals surface area contributed by atoms with Gasteiger partial charge in [-0.15, -0.1) is 23.2 Å². The first kappa shape index (κ1) is 26.6. The maximum Gasteiger partial charge on any atom is 0.257 e. The molecular weight excluding hydrogens is 608 g/mol. The van der Waals surface area contributed by atoms with Crippen molar-refractivity contribution < 1.29 is 27.5 Å². The fourth-order valence-electron chi connectivity index (χ4n) is 3.76. The average molecular weight is 623 g/mol. The maximum atomic E-state index is 14.3. The minimum absolute atomic E-state index is 0.0267. The van der Waals surface area contributed by atoms with Crippen LogP contribution in [0.5, 0.6) is 5.75 Å². The van der Waals surface area contributed by atoms with Crippen LogP contribution in [0.15, 0.2) is 53.0 Å². The maximum absolute atomic E-state index is 14.3. The molecule has 3 aromatic rings. The van der Waals surface area contributed by atoms with Crippen LogP contribution >= 0.6 is 50.7 Å². The van der Waals surface area contributed by atoms with E-state index < -0.39 is 45.4 Å². The molecule has 1 aliphatic rings. The highest BCUT2D eigenvalue weighted by Gasteiger charge is 2.67. The van der Waals surface area contributed by atoms with Crippen LogP contribution in [-0.4, -0.2) is 23.3 Å². The topological polar surface area (TPSA) is 67.4 Å². The van der Waals surface area contributed by atoms with Crippen LogP contribution in [0.1, 0.15) is 21.8 Å². The van der Waals surface area contributed by atoms with E-state index in [1.807, 2.05) is 0 Å². The van der Waals surface area contributed by atoms with Crippen LogP contribution in [0.4, 0.5) is 24.5 Å². The number of carbonyl (C=O) groups is 2. The molecule has 0 bridgehead atoms. The highest BCUT2D eigenvalue weighted by atomic mass is 79.9. The van der Waals surface area contributed by atoms with Crippen molar-refractivity contribution in [2.45, 2.75) is 10.3 Å². The molecule has 0 aromatic heterocycles. The third-order valence-electron chi connectivity index (χ3n) is 5.59. The summed E-state index contributed by atoms with van der Waals surface area (Å²) in [6.07, 6.45) is 0. The molecule has 36 heavy (non-hydrogen) atoms. The number of nitrogens with one attached hydrogen (secondary N) is 2. The lowest BCUT2D eigenvalue weighted by atomic mass is 10.1. The Bertz CT molecular complexity index is 1390. The molecule has 1 fully saturated rings. The van der Waals surface area contributed by atoms with Gasteiger partial charge in [-0.3, -0.25) is 9.59 Å². The Balaban J connectivity index is 1.53. The summed E-state index contributed by atoms with van der Waals surface area (Å²) in [4.78, 5) is 25.6. The lowest BCUT2D eigenvalue weighted by Gasteiger charge is -2.11. The van der Waals surface area contributed by atoms with E-state index in [4.69, 9.17) is 39.5 Å². The van der Waals surface area contributed by atoms with E-state index in [2.05, 4.69) is 26.6 Å². The third-order valence-corrected chi connectivity index (χ3v) is 7.63. The van der Waals surface area contributed by atoms with Crippen LogP contribution in [0.2, 0.25) is 5.02 Å². The fourth-order valence-corrected chi connectivity index (χ4v) is 5.18. The zero-order valence-corrected chi connectivity index (χ0v) is 22.0. The SMILES string of the molecule is COc1cc([C@@H]2[C@@H](C(=O)Nc3ccc(Cl)c(C(=O)Nc4ccc(F)cc4F)c3)C2(Cl)Cl)cc(F)c1Br. The summed E-state index contributed by atoms with van der Waals surface area (Å²) in [7, 11) is 1.37. The smallest absolute Gasteiger partial charge is 0.257 e. The van der Waals surface area contributed by atoms with Crippen LogP contribution in [0.3, 0.4) is 0 Å². The van der Waals surface area contributed by atoms with Gasteiger partial charge in [0.05, 0.1) is 33.8 Å². The van der Waals surface area contributed by atoms with E-state index >= 15 is 0 Å². The van der Waals surface area contributed by atoms with Crippen molar-refractivity contribution in [2.24, 2.45) is 5.92 Å². The first-order valence-corrected chi connectivity index (χ1v) is 12.1. The molecule has 0 radical (unpaired) electrons. The number of hydrogen-bond acceptors (Lipinski definition) is 3. The summed E-state index contributed by atoms with van der Waals surface area (Å²) >= 11 is 21.9. The number of hydrogen-bond donors (Lipinski definition) is 2. The largest absolute Gasteiger partial charge is 0.495 e. The molecule has 2 atom stereocenters. The van der Waals surface area contributed by atoms with Crippen molar-refractivity contribution in [2.75, 3.05) is 17.7 Å². The molecule has 4 rings (SSSR count). The zero-order valence-electron chi connectivity index (χ0n) is 18.1. The van der Waals surface area contributed by atoms with E-state index in [0.29, 0.717) is 11.6 Å². The fraction of sp³-hybridized carbons (Fsp3) is 0.167. The van der Waals surface area contributed by atoms with Gasteiger partial charge in [-0.2, -0.15) is 0 Å². The summed E-state index contributed by atoms with van der Waals surface area (Å²) < 4.78 is 45.1. The van der Waals surface area contributed by atoms with E-state index in [1.54, 1.807) is 0 Å². The number of alkyl halides is 2. The predicted molar refractivity (Wildman–Crippen MR) is 136 cm³/mol. The summed E-state index contributed by atoms with van der Waals surface area (Å²) in [5.41, 5.74) is 0.228. The number of rotatable bonds is 6. The van der Waals surface area contributed by atoms with Gasteiger partial charge in [-0.25, -0.2) is 13.2 Å². The van der Waals surface area contributed by atoms with Crippen LogP contribution in [0, 0.1) is 23.4 Å². The zero-order chi connectivity index (χ0) is 26.4. The van der Waals surface area contributed by atoms with Gasteiger partial charge in [0.2, 0.25) is 5.91 Å². The molecule has 1 saturated carbocycles. The Morgan fingerprint density at radius 3 is 2.39 bits per heavy atom. The Morgan fingerprint density at radius 1 is 1.00 bits per heavy atom. The van der Waals surface area contributed by atoms with E-state index in [1.165, 1.54) is 37.4 Å². The molecule has 2 amide bonds. The molecule has 0 unspecified atom stereocenters. The summed E-state index contributed by atoms with van der Waals surface area (Å²) in [6, 6.07) is 9.50.